The van der Waals surface area contributed by atoms with E-state index < -0.39 is 0 Å². The molecule has 0 fully saturated rings. The van der Waals surface area contributed by atoms with Gasteiger partial charge in [0.25, 0.3) is 0 Å². The van der Waals surface area contributed by atoms with Gasteiger partial charge in [-0.3, -0.25) is 56.5 Å². The molecule has 5 aromatic rings. The molecule has 13 rings (SSSR count). The molecule has 23 N–H and O–H groups in total. The maximum absolute atomic E-state index is 5.85. The van der Waals surface area contributed by atoms with Crippen LogP contribution in [0, 0.1) is 0 Å². The molecule has 0 saturated heterocycles. The molecule has 146 heavy (non-hydrogen) atoms. The van der Waals surface area contributed by atoms with Crippen molar-refractivity contribution in [3.8, 4) is 0 Å². The number of aliphatic imine (C=N–C) groups is 16. The Morgan fingerprint density at radius 3 is 1.14 bits per heavy atom. The van der Waals surface area contributed by atoms with Crippen LogP contribution in [0.25, 0.3) is 0 Å². The molecule has 8 aliphatic heterocycles. The molecule has 0 aliphatic carbocycles. The zero-order valence-corrected chi connectivity index (χ0v) is 92.2. The highest BCUT2D eigenvalue weighted by atomic mass is 15.4. The summed E-state index contributed by atoms with van der Waals surface area (Å²) in [5.41, 5.74) is 41.1. The van der Waals surface area contributed by atoms with Crippen molar-refractivity contribution in [2.75, 3.05) is 135 Å². The smallest absolute Gasteiger partial charge is 0.223 e. The van der Waals surface area contributed by atoms with E-state index in [1.54, 1.807) is 0 Å². The largest absolute Gasteiger partial charge is 0.370 e. The van der Waals surface area contributed by atoms with Crippen molar-refractivity contribution in [2.45, 2.75) is 260 Å². The van der Waals surface area contributed by atoms with Gasteiger partial charge in [-0.25, -0.2) is 34.9 Å². The number of benzene rings is 5. The number of nitrogens with one attached hydrogen (secondary N) is 11. The highest BCUT2D eigenvalue weighted by Gasteiger charge is 2.26. The van der Waals surface area contributed by atoms with E-state index in [0.717, 1.165) is 145 Å². The van der Waals surface area contributed by atoms with Gasteiger partial charge in [0.05, 0.1) is 61.9 Å². The number of nitrogens with two attached hydrogens (primary N) is 6. The Morgan fingerprint density at radius 2 is 0.651 bits per heavy atom. The summed E-state index contributed by atoms with van der Waals surface area (Å²) in [6.07, 6.45) is 11.7. The molecular formula is C106H180N40. The van der Waals surface area contributed by atoms with Crippen molar-refractivity contribution in [3.05, 3.63) is 179 Å². The van der Waals surface area contributed by atoms with E-state index in [-0.39, 0.29) is 72.5 Å². The minimum Gasteiger partial charge on any atom is -0.370 e. The first-order valence-electron chi connectivity index (χ1n) is 51.9. The molecule has 8 aliphatic rings. The fraction of sp³-hybridized carbons (Fsp3) is 0.566. The molecule has 13 atom stereocenters. The van der Waals surface area contributed by atoms with Gasteiger partial charge in [-0.05, 0) is 169 Å². The molecule has 0 amide bonds. The van der Waals surface area contributed by atoms with Crippen LogP contribution in [0.2, 0.25) is 0 Å². The minimum atomic E-state index is 0.0996. The second-order valence-electron chi connectivity index (χ2n) is 38.3. The molecule has 0 bridgehead atoms. The number of hydrogen-bond donors (Lipinski definition) is 17. The second-order valence-corrected chi connectivity index (χ2v) is 38.3. The molecule has 804 valence electrons. The summed E-state index contributed by atoms with van der Waals surface area (Å²) >= 11 is 0. The van der Waals surface area contributed by atoms with Crippen LogP contribution in [0.15, 0.2) is 232 Å². The average molecular weight is 2010 g/mol. The summed E-state index contributed by atoms with van der Waals surface area (Å²) in [7, 11) is 18.1. The fourth-order valence-corrected chi connectivity index (χ4v) is 14.2. The van der Waals surface area contributed by atoms with Crippen LogP contribution in [0.1, 0.15) is 177 Å². The normalized spacial score (nSPS) is 22.8. The maximum atomic E-state index is 5.85. The molecule has 0 saturated carbocycles. The van der Waals surface area contributed by atoms with E-state index >= 15 is 0 Å². The van der Waals surface area contributed by atoms with Gasteiger partial charge in [0.2, 0.25) is 41.7 Å². The summed E-state index contributed by atoms with van der Waals surface area (Å²) in [5.74, 6) is 10.5. The van der Waals surface area contributed by atoms with Gasteiger partial charge >= 0.3 is 0 Å². The quantitative estimate of drug-likeness (QED) is 0.0268. The average Bonchev–Trinajstić information content (AvgIpc) is 1.71. The van der Waals surface area contributed by atoms with E-state index in [0.29, 0.717) is 79.3 Å². The lowest BCUT2D eigenvalue weighted by atomic mass is 10.1. The van der Waals surface area contributed by atoms with Crippen LogP contribution in [-0.2, 0) is 32.1 Å². The topological polar surface area (TPSA) is 509 Å². The Hall–Kier alpha value is -14.0. The molecule has 8 heterocycles. The summed E-state index contributed by atoms with van der Waals surface area (Å²) in [4.78, 5) is 85.7. The Kier molecular flexibility index (Phi) is 54.7. The highest BCUT2D eigenvalue weighted by Crippen LogP contribution is 2.15. The van der Waals surface area contributed by atoms with Crippen LogP contribution >= 0.6 is 0 Å². The van der Waals surface area contributed by atoms with Gasteiger partial charge in [0.1, 0.15) is 0 Å². The summed E-state index contributed by atoms with van der Waals surface area (Å²) in [6.45, 7) is 42.3. The lowest BCUT2D eigenvalue weighted by Gasteiger charge is -2.24. The van der Waals surface area contributed by atoms with Crippen molar-refractivity contribution in [1.29, 1.82) is 0 Å². The highest BCUT2D eigenvalue weighted by molar-refractivity contribution is 6.02. The predicted octanol–water partition coefficient (Wildman–Crippen LogP) is 7.38. The Bertz CT molecular complexity index is 5100. The van der Waals surface area contributed by atoms with Gasteiger partial charge in [-0.15, -0.1) is 0 Å². The molecule has 0 spiro atoms. The predicted molar refractivity (Wildman–Crippen MR) is 617 cm³/mol. The number of hydrogen-bond acceptors (Lipinski definition) is 34. The number of rotatable bonds is 24. The fourth-order valence-electron chi connectivity index (χ4n) is 14.2. The zero-order valence-electron chi connectivity index (χ0n) is 92.2. The van der Waals surface area contributed by atoms with E-state index in [1.165, 1.54) is 47.1 Å². The molecule has 0 aromatic heterocycles. The van der Waals surface area contributed by atoms with Crippen molar-refractivity contribution < 1.29 is 0 Å². The van der Waals surface area contributed by atoms with Gasteiger partial charge in [0.15, 0.2) is 53.6 Å². The van der Waals surface area contributed by atoms with Gasteiger partial charge in [-0.1, -0.05) is 192 Å². The summed E-state index contributed by atoms with van der Waals surface area (Å²) < 4.78 is 0. The lowest BCUT2D eigenvalue weighted by Crippen LogP contribution is -2.47. The monoisotopic (exact) mass is 2010 g/mol. The standard InChI is InChI=1S/C16H25N5.C15H23N5.2C14H21N5.C13H19N5.C13H27N5.C11H23N5.C10H21N5/c1-13-12-17-15(20(2)3)19-16(18-13)21(4)11-10-14-8-6-5-7-9-14;1-11-12(2)18-15(19-14(16)17-11)20(3)10-9-13-7-5-4-6-8-13;1-11-10-16-13(15)18-14(17-11)19(2)9-8-12-6-4-3-5-7-12;1-10-11(2)18-14(19-13(15)17-10)16-9-8-12-6-4-3-5-7-12;1-10-9-16-12(14)18-13(17-10)15-8-7-11-5-3-2-4-6-11;1-7-8-9-18(6)13-15-11(3)10(2)14-12(16-13)17(4)5;1-5-6-7-16(4)11-14-9(3)8(2)13-10(12)15-11;1-4-5-6-12-10-14-8(3)7(2)13-9(11)15-10/h5-9,13H,10-12H2,1-4H3,(H,17,18,19);4-8,11-12H,9-10H2,1-3H3,(H3,16,17,18,19);3-7,11H,8-10H2,1-2H3,(H3,15,16,17,18);3-7,10-11H,8-9H2,1-2H3,(H4,15,16,17,18,19);2-6,10H,7-9H2,1H3,(H4,14,15,16,17,18);10-11H,7-9H2,1-6H3,(H,14,15,16);8-9H,5-7H2,1-4H3,(H3,12,13,14,15);7-8H,4-6H2,1-3H3,(H4,11,12,13,14,15). The van der Waals surface area contributed by atoms with Gasteiger partial charge < -0.3 is 101 Å². The van der Waals surface area contributed by atoms with E-state index in [2.05, 4.69) is 359 Å². The molecular weight excluding hydrogens is 1830 g/mol. The van der Waals surface area contributed by atoms with Gasteiger partial charge in [0, 0.05) is 152 Å². The van der Waals surface area contributed by atoms with Crippen LogP contribution in [0.4, 0.5) is 0 Å². The molecule has 5 aromatic carbocycles. The summed E-state index contributed by atoms with van der Waals surface area (Å²) in [6, 6.07) is 54.6. The Labute approximate surface area is 872 Å². The third-order valence-corrected chi connectivity index (χ3v) is 24.4. The lowest BCUT2D eigenvalue weighted by molar-refractivity contribution is 0.447. The van der Waals surface area contributed by atoms with Crippen molar-refractivity contribution >= 4 is 95.4 Å². The van der Waals surface area contributed by atoms with Crippen molar-refractivity contribution in [2.24, 2.45) is 114 Å². The number of likely N-dealkylation sites (N-methyl/N-ethyl adjacent to an activating group) is 3. The minimum absolute atomic E-state index is 0.0996. The first kappa shape index (κ1) is 121. The molecule has 40 nitrogen and oxygen atoms in total. The second kappa shape index (κ2) is 66.1. The number of unbranched alkanes of at least 4 members (excludes halogenated alkanes) is 3. The van der Waals surface area contributed by atoms with Crippen LogP contribution < -0.4 is 92.9 Å². The third-order valence-electron chi connectivity index (χ3n) is 24.4. The Morgan fingerprint density at radius 1 is 0.281 bits per heavy atom. The van der Waals surface area contributed by atoms with E-state index in [4.69, 9.17) is 39.4 Å². The first-order valence-corrected chi connectivity index (χ1v) is 51.9. The maximum Gasteiger partial charge on any atom is 0.223 e. The molecule has 0 radical (unpaired) electrons. The molecule has 40 heteroatoms. The van der Waals surface area contributed by atoms with Crippen LogP contribution in [0.5, 0.6) is 0 Å². The van der Waals surface area contributed by atoms with Gasteiger partial charge in [-0.2, -0.15) is 15.0 Å². The van der Waals surface area contributed by atoms with E-state index in [9.17, 15) is 0 Å². The summed E-state index contributed by atoms with van der Waals surface area (Å²) in [5, 5.41) is 34.9. The van der Waals surface area contributed by atoms with Crippen LogP contribution in [0.3, 0.4) is 0 Å². The SMILES string of the molecule is CC1CN=C(N(C)C)NC(N(C)CCc2ccccc2)=N1.CC1CN=C(N)NC(=NCCc2ccccc2)N1.CC1CN=C(N)NC(N(C)CCc2ccccc2)=N1.CC1N=C(N)NC(=NCCc2ccccc2)NC1C.CC1N=C(N)NC(N(C)CCc2ccccc2)=NC1C.CCCCN(C)C1=NC(C)C(C)NC(N)=N1.CCCCN(C)C1=NC(N(C)C)=NC(C)C(C)N1.CCCCN=C1N=C(N)NC(C)C(C)N1. The number of nitrogens with zero attached hydrogens (tertiary/aromatic N) is 23. The van der Waals surface area contributed by atoms with Crippen molar-refractivity contribution in [3.63, 3.8) is 0 Å². The Balaban J connectivity index is 0.000000255. The molecule has 13 unspecified atom stereocenters. The zero-order chi connectivity index (χ0) is 107. The number of guanidine groups is 16. The first-order chi connectivity index (χ1) is 69.8. The van der Waals surface area contributed by atoms with E-state index in [1.807, 2.05) is 135 Å². The third kappa shape index (κ3) is 47.7. The van der Waals surface area contributed by atoms with Crippen LogP contribution in [-0.4, -0.2) is 344 Å². The van der Waals surface area contributed by atoms with Crippen molar-refractivity contribution in [1.82, 2.24) is 92.8 Å².